The molecule has 4 rings (SSSR count). The van der Waals surface area contributed by atoms with Crippen molar-refractivity contribution in [2.24, 2.45) is 0 Å². The number of nitrogens with zero attached hydrogens (tertiary/aromatic N) is 3. The summed E-state index contributed by atoms with van der Waals surface area (Å²) in [5, 5.41) is 7.88. The van der Waals surface area contributed by atoms with Crippen LogP contribution in [0.5, 0.6) is 5.75 Å². The van der Waals surface area contributed by atoms with Crippen molar-refractivity contribution in [1.29, 1.82) is 0 Å². The zero-order valence-corrected chi connectivity index (χ0v) is 15.9. The normalized spacial score (nSPS) is 10.5. The van der Waals surface area contributed by atoms with Crippen molar-refractivity contribution in [3.05, 3.63) is 96.3 Å². The minimum Gasteiger partial charge on any atom is -0.496 e. The van der Waals surface area contributed by atoms with Crippen LogP contribution in [0.3, 0.4) is 0 Å². The third kappa shape index (κ3) is 4.01. The molecular weight excluding hydrogens is 364 g/mol. The summed E-state index contributed by atoms with van der Waals surface area (Å²) < 4.78 is 6.73. The average Bonchev–Trinajstić information content (AvgIpc) is 3.23. The minimum atomic E-state index is -0.270. The van der Waals surface area contributed by atoms with Crippen LogP contribution in [-0.2, 0) is 6.54 Å². The first kappa shape index (κ1) is 18.4. The van der Waals surface area contributed by atoms with E-state index in [1.165, 1.54) is 4.68 Å². The molecule has 2 heterocycles. The summed E-state index contributed by atoms with van der Waals surface area (Å²) in [6.45, 7) is 0.568. The molecule has 0 saturated carbocycles. The Bertz CT molecular complexity index is 1110. The first-order valence-corrected chi connectivity index (χ1v) is 9.22. The SMILES string of the molecule is COc1ccccc1C(=O)n1nc(-c2cccnc2)cc1NCc1ccccc1. The van der Waals surface area contributed by atoms with E-state index in [9.17, 15) is 4.79 Å². The second-order valence-corrected chi connectivity index (χ2v) is 6.41. The fourth-order valence-electron chi connectivity index (χ4n) is 3.04. The largest absolute Gasteiger partial charge is 0.496 e. The molecule has 0 aliphatic rings. The number of methoxy groups -OCH3 is 1. The Balaban J connectivity index is 1.72. The van der Waals surface area contributed by atoms with Crippen LogP contribution in [0.4, 0.5) is 5.82 Å². The van der Waals surface area contributed by atoms with Gasteiger partial charge in [-0.2, -0.15) is 9.78 Å². The van der Waals surface area contributed by atoms with Gasteiger partial charge < -0.3 is 10.1 Å². The number of carbonyl (C=O) groups is 1. The van der Waals surface area contributed by atoms with Crippen LogP contribution in [0, 0.1) is 0 Å². The van der Waals surface area contributed by atoms with Gasteiger partial charge in [-0.25, -0.2) is 0 Å². The third-order valence-corrected chi connectivity index (χ3v) is 4.51. The Kier molecular flexibility index (Phi) is 5.33. The topological polar surface area (TPSA) is 69.0 Å². The van der Waals surface area contributed by atoms with Gasteiger partial charge in [-0.15, -0.1) is 0 Å². The van der Waals surface area contributed by atoms with Gasteiger partial charge in [-0.3, -0.25) is 9.78 Å². The highest BCUT2D eigenvalue weighted by Gasteiger charge is 2.20. The molecule has 0 saturated heterocycles. The average molecular weight is 384 g/mol. The number of carbonyl (C=O) groups excluding carboxylic acids is 1. The summed E-state index contributed by atoms with van der Waals surface area (Å²) in [5.41, 5.74) is 3.05. The summed E-state index contributed by atoms with van der Waals surface area (Å²) >= 11 is 0. The summed E-state index contributed by atoms with van der Waals surface area (Å²) in [4.78, 5) is 17.4. The quantitative estimate of drug-likeness (QED) is 0.538. The number of rotatable bonds is 6. The van der Waals surface area contributed by atoms with E-state index in [0.717, 1.165) is 11.1 Å². The van der Waals surface area contributed by atoms with Crippen molar-refractivity contribution in [3.63, 3.8) is 0 Å². The first-order chi connectivity index (χ1) is 14.3. The van der Waals surface area contributed by atoms with Gasteiger partial charge in [0.1, 0.15) is 11.6 Å². The predicted octanol–water partition coefficient (Wildman–Crippen LogP) is 4.25. The fourth-order valence-corrected chi connectivity index (χ4v) is 3.04. The van der Waals surface area contributed by atoms with Crippen LogP contribution < -0.4 is 10.1 Å². The van der Waals surface area contributed by atoms with E-state index in [1.54, 1.807) is 37.7 Å². The second kappa shape index (κ2) is 8.39. The molecule has 1 N–H and O–H groups in total. The van der Waals surface area contributed by atoms with Crippen molar-refractivity contribution >= 4 is 11.7 Å². The van der Waals surface area contributed by atoms with E-state index in [4.69, 9.17) is 4.74 Å². The number of benzene rings is 2. The molecule has 0 spiro atoms. The van der Waals surface area contributed by atoms with Crippen molar-refractivity contribution in [2.45, 2.75) is 6.54 Å². The Morgan fingerprint density at radius 3 is 2.59 bits per heavy atom. The highest BCUT2D eigenvalue weighted by atomic mass is 16.5. The molecule has 0 fully saturated rings. The molecule has 0 radical (unpaired) electrons. The van der Waals surface area contributed by atoms with Gasteiger partial charge >= 0.3 is 0 Å². The molecule has 6 nitrogen and oxygen atoms in total. The lowest BCUT2D eigenvalue weighted by atomic mass is 10.2. The standard InChI is InChI=1S/C23H20N4O2/c1-29-21-12-6-5-11-19(21)23(28)27-22(25-15-17-8-3-2-4-9-17)14-20(26-27)18-10-7-13-24-16-18/h2-14,16,25H,15H2,1H3. The van der Waals surface area contributed by atoms with Crippen LogP contribution in [0.25, 0.3) is 11.3 Å². The van der Waals surface area contributed by atoms with Crippen molar-refractivity contribution in [3.8, 4) is 17.0 Å². The fraction of sp³-hybridized carbons (Fsp3) is 0.0870. The smallest absolute Gasteiger partial charge is 0.283 e. The Morgan fingerprint density at radius 1 is 1.03 bits per heavy atom. The summed E-state index contributed by atoms with van der Waals surface area (Å²) in [6, 6.07) is 22.7. The lowest BCUT2D eigenvalue weighted by Crippen LogP contribution is -2.18. The Morgan fingerprint density at radius 2 is 1.83 bits per heavy atom. The zero-order chi connectivity index (χ0) is 20.1. The van der Waals surface area contributed by atoms with Gasteiger partial charge in [0.15, 0.2) is 0 Å². The van der Waals surface area contributed by atoms with Crippen molar-refractivity contribution < 1.29 is 9.53 Å². The molecule has 4 aromatic rings. The van der Waals surface area contributed by atoms with Gasteiger partial charge in [0.2, 0.25) is 0 Å². The van der Waals surface area contributed by atoms with E-state index < -0.39 is 0 Å². The lowest BCUT2D eigenvalue weighted by molar-refractivity contribution is 0.0945. The molecule has 0 aliphatic carbocycles. The van der Waals surface area contributed by atoms with E-state index in [2.05, 4.69) is 15.4 Å². The lowest BCUT2D eigenvalue weighted by Gasteiger charge is -2.11. The predicted molar refractivity (Wildman–Crippen MR) is 112 cm³/mol. The highest BCUT2D eigenvalue weighted by Crippen LogP contribution is 2.25. The van der Waals surface area contributed by atoms with Gasteiger partial charge in [0.25, 0.3) is 5.91 Å². The molecule has 0 unspecified atom stereocenters. The highest BCUT2D eigenvalue weighted by molar-refractivity contribution is 6.00. The summed E-state index contributed by atoms with van der Waals surface area (Å²) in [6.07, 6.45) is 3.43. The summed E-state index contributed by atoms with van der Waals surface area (Å²) in [5.74, 6) is 0.835. The molecule has 0 aliphatic heterocycles. The van der Waals surface area contributed by atoms with Gasteiger partial charge in [-0.1, -0.05) is 42.5 Å². The third-order valence-electron chi connectivity index (χ3n) is 4.51. The number of anilines is 1. The molecule has 0 amide bonds. The van der Waals surface area contributed by atoms with Crippen LogP contribution in [0.2, 0.25) is 0 Å². The monoisotopic (exact) mass is 384 g/mol. The van der Waals surface area contributed by atoms with Crippen LogP contribution in [0.15, 0.2) is 85.2 Å². The van der Waals surface area contributed by atoms with E-state index in [0.29, 0.717) is 29.4 Å². The molecule has 29 heavy (non-hydrogen) atoms. The van der Waals surface area contributed by atoms with E-state index in [1.807, 2.05) is 54.6 Å². The van der Waals surface area contributed by atoms with Crippen molar-refractivity contribution in [2.75, 3.05) is 12.4 Å². The maximum absolute atomic E-state index is 13.3. The Labute approximate surface area is 168 Å². The number of pyridine rings is 1. The van der Waals surface area contributed by atoms with E-state index in [-0.39, 0.29) is 5.91 Å². The zero-order valence-electron chi connectivity index (χ0n) is 15.9. The van der Waals surface area contributed by atoms with E-state index >= 15 is 0 Å². The van der Waals surface area contributed by atoms with Gasteiger partial charge in [0, 0.05) is 30.6 Å². The molecule has 2 aromatic heterocycles. The molecule has 144 valence electrons. The van der Waals surface area contributed by atoms with Gasteiger partial charge in [0.05, 0.1) is 18.4 Å². The number of hydrogen-bond acceptors (Lipinski definition) is 5. The molecular formula is C23H20N4O2. The number of ether oxygens (including phenoxy) is 1. The molecule has 6 heteroatoms. The molecule has 2 aromatic carbocycles. The number of para-hydroxylation sites is 1. The van der Waals surface area contributed by atoms with Crippen LogP contribution >= 0.6 is 0 Å². The van der Waals surface area contributed by atoms with Crippen molar-refractivity contribution in [1.82, 2.24) is 14.8 Å². The minimum absolute atomic E-state index is 0.270. The Hall–Kier alpha value is -3.93. The molecule has 0 bridgehead atoms. The maximum Gasteiger partial charge on any atom is 0.283 e. The maximum atomic E-state index is 13.3. The van der Waals surface area contributed by atoms with Crippen LogP contribution in [0.1, 0.15) is 15.9 Å². The summed E-state index contributed by atoms with van der Waals surface area (Å²) in [7, 11) is 1.55. The molecule has 0 atom stereocenters. The number of nitrogens with one attached hydrogen (secondary N) is 1. The number of aromatic nitrogens is 3. The van der Waals surface area contributed by atoms with Gasteiger partial charge in [-0.05, 0) is 29.8 Å². The van der Waals surface area contributed by atoms with Crippen LogP contribution in [-0.4, -0.2) is 27.8 Å². The number of hydrogen-bond donors (Lipinski definition) is 1. The second-order valence-electron chi connectivity index (χ2n) is 6.41. The first-order valence-electron chi connectivity index (χ1n) is 9.22.